The number of carbonyl (C=O) groups is 3. The number of ether oxygens (including phenoxy) is 1. The van der Waals surface area contributed by atoms with Gasteiger partial charge in [-0.1, -0.05) is 49.4 Å². The number of hydrogen-bond acceptors (Lipinski definition) is 5. The number of hydrogen-bond donors (Lipinski definition) is 2. The van der Waals surface area contributed by atoms with E-state index >= 15 is 0 Å². The summed E-state index contributed by atoms with van der Waals surface area (Å²) in [5.41, 5.74) is 0.964. The second kappa shape index (κ2) is 11.0. The van der Waals surface area contributed by atoms with Crippen molar-refractivity contribution in [2.24, 2.45) is 23.7 Å². The third-order valence-electron chi connectivity index (χ3n) is 6.70. The van der Waals surface area contributed by atoms with E-state index in [-0.39, 0.29) is 37.0 Å². The Morgan fingerprint density at radius 3 is 2.42 bits per heavy atom. The molecule has 1 aliphatic carbocycles. The monoisotopic (exact) mass is 456 g/mol. The molecule has 180 valence electrons. The molecule has 3 rings (SSSR count). The molecule has 7 nitrogen and oxygen atoms in total. The van der Waals surface area contributed by atoms with Gasteiger partial charge in [0.15, 0.2) is 0 Å². The lowest BCUT2D eigenvalue weighted by Gasteiger charge is -2.34. The van der Waals surface area contributed by atoms with Crippen molar-refractivity contribution in [2.45, 2.75) is 58.7 Å². The lowest BCUT2D eigenvalue weighted by atomic mass is 9.69. The number of nitrogens with zero attached hydrogens (tertiary/aromatic N) is 1. The fourth-order valence-corrected chi connectivity index (χ4v) is 5.30. The van der Waals surface area contributed by atoms with E-state index < -0.39 is 35.8 Å². The van der Waals surface area contributed by atoms with Gasteiger partial charge in [0.1, 0.15) is 6.04 Å². The van der Waals surface area contributed by atoms with Gasteiger partial charge in [-0.2, -0.15) is 0 Å². The van der Waals surface area contributed by atoms with Crippen molar-refractivity contribution < 1.29 is 24.2 Å². The number of amides is 2. The first-order chi connectivity index (χ1) is 15.8. The van der Waals surface area contributed by atoms with Gasteiger partial charge in [-0.05, 0) is 45.1 Å². The average Bonchev–Trinajstić information content (AvgIpc) is 3.09. The molecule has 1 fully saturated rings. The first-order valence-electron chi connectivity index (χ1n) is 12.0. The maximum absolute atomic E-state index is 13.9. The SMILES string of the molecule is CCOC(=O)[C@H]1[C@@H]2C(=O)N([C@@H](CO)Cc3ccccc3)[C@H](C(=O)NC(C)C)[C@H]2C=C[C@H]1CC. The zero-order valence-electron chi connectivity index (χ0n) is 19.9. The quantitative estimate of drug-likeness (QED) is 0.439. The van der Waals surface area contributed by atoms with Crippen LogP contribution in [0.25, 0.3) is 0 Å². The Labute approximate surface area is 196 Å². The van der Waals surface area contributed by atoms with E-state index in [4.69, 9.17) is 4.74 Å². The number of aliphatic hydroxyl groups is 1. The molecule has 1 aliphatic heterocycles. The third-order valence-corrected chi connectivity index (χ3v) is 6.70. The molecule has 33 heavy (non-hydrogen) atoms. The number of allylic oxidation sites excluding steroid dienone is 1. The molecule has 2 aliphatic rings. The Hall–Kier alpha value is -2.67. The average molecular weight is 457 g/mol. The third kappa shape index (κ3) is 5.13. The molecule has 7 heteroatoms. The molecule has 1 aromatic carbocycles. The fraction of sp³-hybridized carbons (Fsp3) is 0.577. The molecule has 1 saturated heterocycles. The number of benzene rings is 1. The largest absolute Gasteiger partial charge is 0.466 e. The fourth-order valence-electron chi connectivity index (χ4n) is 5.30. The molecular weight excluding hydrogens is 420 g/mol. The Balaban J connectivity index is 2.04. The van der Waals surface area contributed by atoms with Crippen molar-refractivity contribution in [3.63, 3.8) is 0 Å². The second-order valence-electron chi connectivity index (χ2n) is 9.22. The van der Waals surface area contributed by atoms with Crippen molar-refractivity contribution in [2.75, 3.05) is 13.2 Å². The lowest BCUT2D eigenvalue weighted by Crippen LogP contribution is -2.54. The summed E-state index contributed by atoms with van der Waals surface area (Å²) in [4.78, 5) is 41.8. The Morgan fingerprint density at radius 2 is 1.85 bits per heavy atom. The van der Waals surface area contributed by atoms with E-state index in [9.17, 15) is 19.5 Å². The van der Waals surface area contributed by atoms with Crippen LogP contribution in [0.2, 0.25) is 0 Å². The van der Waals surface area contributed by atoms with Gasteiger partial charge in [0.05, 0.1) is 31.1 Å². The van der Waals surface area contributed by atoms with Gasteiger partial charge in [0, 0.05) is 12.0 Å². The Kier molecular flexibility index (Phi) is 8.30. The van der Waals surface area contributed by atoms with Crippen LogP contribution >= 0.6 is 0 Å². The predicted molar refractivity (Wildman–Crippen MR) is 125 cm³/mol. The van der Waals surface area contributed by atoms with Crippen LogP contribution in [0.1, 0.15) is 39.7 Å². The summed E-state index contributed by atoms with van der Waals surface area (Å²) in [5, 5.41) is 13.2. The highest BCUT2D eigenvalue weighted by Crippen LogP contribution is 2.46. The van der Waals surface area contributed by atoms with Gasteiger partial charge in [0.25, 0.3) is 0 Å². The highest BCUT2D eigenvalue weighted by atomic mass is 16.5. The summed E-state index contributed by atoms with van der Waals surface area (Å²) in [5.74, 6) is -2.85. The van der Waals surface area contributed by atoms with Crippen LogP contribution in [0.3, 0.4) is 0 Å². The van der Waals surface area contributed by atoms with Crippen molar-refractivity contribution in [3.8, 4) is 0 Å². The van der Waals surface area contributed by atoms with Crippen LogP contribution in [0.4, 0.5) is 0 Å². The normalized spacial score (nSPS) is 27.4. The highest BCUT2D eigenvalue weighted by molar-refractivity contribution is 5.96. The number of rotatable bonds is 9. The van der Waals surface area contributed by atoms with E-state index in [1.807, 2.05) is 63.3 Å². The van der Waals surface area contributed by atoms with Crippen molar-refractivity contribution in [1.29, 1.82) is 0 Å². The minimum atomic E-state index is -0.795. The summed E-state index contributed by atoms with van der Waals surface area (Å²) in [7, 11) is 0. The second-order valence-corrected chi connectivity index (χ2v) is 9.22. The van der Waals surface area contributed by atoms with Crippen molar-refractivity contribution >= 4 is 17.8 Å². The lowest BCUT2D eigenvalue weighted by molar-refractivity contribution is -0.156. The molecular formula is C26H36N2O5. The van der Waals surface area contributed by atoms with Crippen LogP contribution in [0.5, 0.6) is 0 Å². The molecule has 0 spiro atoms. The van der Waals surface area contributed by atoms with E-state index in [1.54, 1.807) is 6.92 Å². The van der Waals surface area contributed by atoms with Crippen molar-refractivity contribution in [1.82, 2.24) is 10.2 Å². The number of esters is 1. The molecule has 6 atom stereocenters. The van der Waals surface area contributed by atoms with Gasteiger partial charge in [-0.25, -0.2) is 0 Å². The van der Waals surface area contributed by atoms with E-state index in [2.05, 4.69) is 5.32 Å². The number of nitrogens with one attached hydrogen (secondary N) is 1. The summed E-state index contributed by atoms with van der Waals surface area (Å²) in [6.07, 6.45) is 4.99. The minimum Gasteiger partial charge on any atom is -0.466 e. The Bertz CT molecular complexity index is 869. The zero-order valence-corrected chi connectivity index (χ0v) is 19.9. The van der Waals surface area contributed by atoms with E-state index in [0.29, 0.717) is 12.8 Å². The van der Waals surface area contributed by atoms with Gasteiger partial charge in [-0.15, -0.1) is 0 Å². The first kappa shape index (κ1) is 25.0. The maximum Gasteiger partial charge on any atom is 0.310 e. The molecule has 0 unspecified atom stereocenters. The molecule has 0 saturated carbocycles. The molecule has 2 N–H and O–H groups in total. The number of likely N-dealkylation sites (tertiary alicyclic amines) is 1. The van der Waals surface area contributed by atoms with Gasteiger partial charge < -0.3 is 20.1 Å². The zero-order chi connectivity index (χ0) is 24.1. The summed E-state index contributed by atoms with van der Waals surface area (Å²) in [6.45, 7) is 7.42. The van der Waals surface area contributed by atoms with Gasteiger partial charge in [-0.3, -0.25) is 14.4 Å². The first-order valence-corrected chi connectivity index (χ1v) is 12.0. The summed E-state index contributed by atoms with van der Waals surface area (Å²) >= 11 is 0. The molecule has 0 bridgehead atoms. The number of fused-ring (bicyclic) bond motifs is 1. The predicted octanol–water partition coefficient (Wildman–Crippen LogP) is 2.33. The van der Waals surface area contributed by atoms with Crippen molar-refractivity contribution in [3.05, 3.63) is 48.0 Å². The topological polar surface area (TPSA) is 95.9 Å². The standard InChI is InChI=1S/C26H36N2O5/c1-5-18-12-13-20-22(21(18)26(32)33-6-2)25(31)28(23(20)24(30)27-16(3)4)19(15-29)14-17-10-8-7-9-11-17/h7-13,16,18-23,29H,5-6,14-15H2,1-4H3,(H,27,30)/t18-,19-,20+,21-,22-,23+/m1/s1. The Morgan fingerprint density at radius 1 is 1.15 bits per heavy atom. The van der Waals surface area contributed by atoms with Crippen LogP contribution in [-0.4, -0.2) is 59.1 Å². The van der Waals surface area contributed by atoms with Crippen LogP contribution in [-0.2, 0) is 25.5 Å². The van der Waals surface area contributed by atoms with E-state index in [1.165, 1.54) is 4.90 Å². The summed E-state index contributed by atoms with van der Waals surface area (Å²) < 4.78 is 5.35. The molecule has 0 radical (unpaired) electrons. The van der Waals surface area contributed by atoms with Gasteiger partial charge in [0.2, 0.25) is 11.8 Å². The molecule has 1 aromatic rings. The molecule has 0 aromatic heterocycles. The molecule has 2 amide bonds. The summed E-state index contributed by atoms with van der Waals surface area (Å²) in [6, 6.07) is 8.12. The van der Waals surface area contributed by atoms with Crippen LogP contribution in [0.15, 0.2) is 42.5 Å². The minimum absolute atomic E-state index is 0.105. The molecule has 1 heterocycles. The smallest absolute Gasteiger partial charge is 0.310 e. The van der Waals surface area contributed by atoms with Crippen LogP contribution in [0, 0.1) is 23.7 Å². The maximum atomic E-state index is 13.9. The van der Waals surface area contributed by atoms with E-state index in [0.717, 1.165) is 5.56 Å². The number of aliphatic hydroxyl groups excluding tert-OH is 1. The van der Waals surface area contributed by atoms with Crippen LogP contribution < -0.4 is 5.32 Å². The van der Waals surface area contributed by atoms with Gasteiger partial charge >= 0.3 is 5.97 Å². The number of carbonyl (C=O) groups excluding carboxylic acids is 3. The highest BCUT2D eigenvalue weighted by Gasteiger charge is 2.58.